The number of benzene rings is 5. The van der Waals surface area contributed by atoms with Gasteiger partial charge in [0.1, 0.15) is 11.5 Å². The minimum Gasteiger partial charge on any atom is -0.458 e. The maximum atomic E-state index is 6.91. The summed E-state index contributed by atoms with van der Waals surface area (Å²) in [7, 11) is 0. The number of fused-ring (bicyclic) bond motifs is 7. The zero-order chi connectivity index (χ0) is 27.5. The third-order valence-electron chi connectivity index (χ3n) is 9.06. The van der Waals surface area contributed by atoms with Gasteiger partial charge in [-0.25, -0.2) is 0 Å². The maximum absolute atomic E-state index is 6.91. The highest BCUT2D eigenvalue weighted by Gasteiger charge is 2.41. The molecule has 0 fully saturated rings. The van der Waals surface area contributed by atoms with E-state index in [1.54, 1.807) is 0 Å². The van der Waals surface area contributed by atoms with Crippen molar-refractivity contribution < 1.29 is 4.74 Å². The summed E-state index contributed by atoms with van der Waals surface area (Å²) in [5.41, 5.74) is 15.4. The van der Waals surface area contributed by atoms with Crippen molar-refractivity contribution in [1.29, 1.82) is 0 Å². The number of ether oxygens (including phenoxy) is 1. The van der Waals surface area contributed by atoms with Crippen molar-refractivity contribution in [1.82, 2.24) is 4.57 Å². The highest BCUT2D eigenvalue weighted by molar-refractivity contribution is 6.99. The molecule has 0 saturated carbocycles. The van der Waals surface area contributed by atoms with Gasteiger partial charge in [-0.3, -0.25) is 0 Å². The normalized spacial score (nSPS) is 13.4. The van der Waals surface area contributed by atoms with Crippen LogP contribution in [0.4, 0.5) is 0 Å². The second kappa shape index (κ2) is 7.91. The van der Waals surface area contributed by atoms with Crippen LogP contribution in [0.25, 0.3) is 38.6 Å². The van der Waals surface area contributed by atoms with E-state index in [2.05, 4.69) is 131 Å². The van der Waals surface area contributed by atoms with Crippen LogP contribution in [-0.2, 0) is 5.41 Å². The number of para-hydroxylation sites is 2. The lowest BCUT2D eigenvalue weighted by molar-refractivity contribution is 0.483. The van der Waals surface area contributed by atoms with Crippen molar-refractivity contribution in [2.24, 2.45) is 0 Å². The standard InChI is InChI=1S/C37H32BNO/c1-21-16-22(2)34(23(3)17-21)24-18-31-35-33(19-24)40-32-20-25(37(4,5)6)14-15-28(32)38(35)29-12-9-11-27-26-10-7-8-13-30(26)39(31)36(27)29/h7-20H,1-6H3. The van der Waals surface area contributed by atoms with E-state index >= 15 is 0 Å². The molecule has 2 nitrogen and oxygen atoms in total. The molecule has 0 aliphatic carbocycles. The molecular weight excluding hydrogens is 485 g/mol. The Morgan fingerprint density at radius 2 is 1.45 bits per heavy atom. The first-order chi connectivity index (χ1) is 19.2. The van der Waals surface area contributed by atoms with Crippen molar-refractivity contribution in [2.45, 2.75) is 47.0 Å². The molecule has 0 saturated heterocycles. The molecule has 3 heterocycles. The number of hydrogen-bond donors (Lipinski definition) is 0. The predicted molar refractivity (Wildman–Crippen MR) is 170 cm³/mol. The molecular formula is C37H32BNO. The van der Waals surface area contributed by atoms with E-state index in [1.165, 1.54) is 77.3 Å². The molecule has 194 valence electrons. The first kappa shape index (κ1) is 23.6. The Morgan fingerprint density at radius 1 is 0.700 bits per heavy atom. The molecule has 0 bridgehead atoms. The largest absolute Gasteiger partial charge is 0.458 e. The van der Waals surface area contributed by atoms with Crippen molar-refractivity contribution in [3.8, 4) is 28.3 Å². The van der Waals surface area contributed by atoms with Crippen molar-refractivity contribution >= 4 is 44.9 Å². The van der Waals surface area contributed by atoms with Gasteiger partial charge in [0, 0.05) is 22.0 Å². The molecule has 0 atom stereocenters. The molecule has 5 aromatic carbocycles. The Bertz CT molecular complexity index is 2030. The Hall–Kier alpha value is -4.24. The number of rotatable bonds is 1. The third kappa shape index (κ3) is 3.12. The van der Waals surface area contributed by atoms with E-state index in [0.29, 0.717) is 0 Å². The number of aromatic nitrogens is 1. The molecule has 0 N–H and O–H groups in total. The summed E-state index contributed by atoms with van der Waals surface area (Å²) in [4.78, 5) is 0. The van der Waals surface area contributed by atoms with E-state index in [1.807, 2.05) is 0 Å². The minimum absolute atomic E-state index is 0.0425. The monoisotopic (exact) mass is 517 g/mol. The van der Waals surface area contributed by atoms with Gasteiger partial charge in [-0.2, -0.15) is 0 Å². The van der Waals surface area contributed by atoms with E-state index in [4.69, 9.17) is 4.74 Å². The number of nitrogens with zero attached hydrogens (tertiary/aromatic N) is 1. The fourth-order valence-corrected chi connectivity index (χ4v) is 7.40. The van der Waals surface area contributed by atoms with Crippen LogP contribution in [0.15, 0.2) is 84.9 Å². The first-order valence-electron chi connectivity index (χ1n) is 14.3. The van der Waals surface area contributed by atoms with Gasteiger partial charge in [0.15, 0.2) is 0 Å². The molecule has 8 rings (SSSR count). The maximum Gasteiger partial charge on any atom is 0.256 e. The highest BCUT2D eigenvalue weighted by Crippen LogP contribution is 2.41. The molecule has 6 aromatic rings. The second-order valence-corrected chi connectivity index (χ2v) is 12.8. The van der Waals surface area contributed by atoms with Gasteiger partial charge in [0.2, 0.25) is 0 Å². The second-order valence-electron chi connectivity index (χ2n) is 12.8. The van der Waals surface area contributed by atoms with Gasteiger partial charge in [0.25, 0.3) is 6.71 Å². The topological polar surface area (TPSA) is 14.2 Å². The fourth-order valence-electron chi connectivity index (χ4n) is 7.40. The lowest BCUT2D eigenvalue weighted by Crippen LogP contribution is -2.58. The molecule has 1 aromatic heterocycles. The summed E-state index contributed by atoms with van der Waals surface area (Å²) in [6.07, 6.45) is 0. The predicted octanol–water partition coefficient (Wildman–Crippen LogP) is 7.61. The van der Waals surface area contributed by atoms with Crippen molar-refractivity contribution in [3.05, 3.63) is 107 Å². The van der Waals surface area contributed by atoms with Crippen LogP contribution in [0.2, 0.25) is 0 Å². The Labute approximate surface area is 236 Å². The van der Waals surface area contributed by atoms with E-state index in [9.17, 15) is 0 Å². The van der Waals surface area contributed by atoms with Crippen molar-refractivity contribution in [2.75, 3.05) is 0 Å². The summed E-state index contributed by atoms with van der Waals surface area (Å²) < 4.78 is 9.41. The van der Waals surface area contributed by atoms with Crippen LogP contribution in [0, 0.1) is 20.8 Å². The summed E-state index contributed by atoms with van der Waals surface area (Å²) in [6.45, 7) is 13.6. The van der Waals surface area contributed by atoms with Gasteiger partial charge in [-0.15, -0.1) is 0 Å². The summed E-state index contributed by atoms with van der Waals surface area (Å²) in [5.74, 6) is 1.95. The molecule has 3 heteroatoms. The minimum atomic E-state index is 0.0425. The lowest BCUT2D eigenvalue weighted by atomic mass is 9.34. The number of hydrogen-bond acceptors (Lipinski definition) is 1. The van der Waals surface area contributed by atoms with Crippen LogP contribution in [0.5, 0.6) is 11.5 Å². The van der Waals surface area contributed by atoms with Crippen LogP contribution < -0.4 is 21.1 Å². The fraction of sp³-hybridized carbons (Fsp3) is 0.189. The quantitative estimate of drug-likeness (QED) is 0.205. The van der Waals surface area contributed by atoms with Crippen molar-refractivity contribution in [3.63, 3.8) is 0 Å². The molecule has 2 aliphatic rings. The molecule has 2 aliphatic heterocycles. The van der Waals surface area contributed by atoms with Crippen LogP contribution >= 0.6 is 0 Å². The molecule has 0 radical (unpaired) electrons. The first-order valence-corrected chi connectivity index (χ1v) is 14.3. The average Bonchev–Trinajstić information content (AvgIpc) is 3.25. The van der Waals surface area contributed by atoms with E-state index in [-0.39, 0.29) is 12.1 Å². The average molecular weight is 517 g/mol. The van der Waals surface area contributed by atoms with Gasteiger partial charge in [-0.1, -0.05) is 87.0 Å². The zero-order valence-electron chi connectivity index (χ0n) is 24.0. The number of aryl methyl sites for hydroxylation is 3. The van der Waals surface area contributed by atoms with Gasteiger partial charge in [-0.05, 0) is 94.7 Å². The third-order valence-corrected chi connectivity index (χ3v) is 9.06. The SMILES string of the molecule is Cc1cc(C)c(-c2cc3c4c(c2)-n2c5ccccc5c5cccc(c52)B4c2ccc(C(C)(C)C)cc2O3)c(C)c1. The summed E-state index contributed by atoms with van der Waals surface area (Å²) >= 11 is 0. The van der Waals surface area contributed by atoms with Crippen LogP contribution in [0.3, 0.4) is 0 Å². The molecule has 0 spiro atoms. The molecule has 0 amide bonds. The molecule has 0 unspecified atom stereocenters. The van der Waals surface area contributed by atoms with E-state index in [0.717, 1.165) is 11.5 Å². The van der Waals surface area contributed by atoms with Gasteiger partial charge in [0.05, 0.1) is 5.52 Å². The van der Waals surface area contributed by atoms with E-state index < -0.39 is 0 Å². The lowest BCUT2D eigenvalue weighted by Gasteiger charge is -2.34. The van der Waals surface area contributed by atoms with Crippen LogP contribution in [-0.4, -0.2) is 11.3 Å². The zero-order valence-corrected chi connectivity index (χ0v) is 24.0. The van der Waals surface area contributed by atoms with Crippen LogP contribution in [0.1, 0.15) is 43.0 Å². The Kier molecular flexibility index (Phi) is 4.68. The Balaban J connectivity index is 1.52. The molecule has 40 heavy (non-hydrogen) atoms. The van der Waals surface area contributed by atoms with Gasteiger partial charge >= 0.3 is 0 Å². The van der Waals surface area contributed by atoms with Gasteiger partial charge < -0.3 is 9.30 Å². The smallest absolute Gasteiger partial charge is 0.256 e. The Morgan fingerprint density at radius 3 is 2.23 bits per heavy atom. The summed E-state index contributed by atoms with van der Waals surface area (Å²) in [5, 5.41) is 2.61. The summed E-state index contributed by atoms with van der Waals surface area (Å²) in [6, 6.07) is 31.8. The highest BCUT2D eigenvalue weighted by atomic mass is 16.5.